The van der Waals surface area contributed by atoms with Crippen molar-refractivity contribution in [3.8, 4) is 0 Å². The van der Waals surface area contributed by atoms with Crippen molar-refractivity contribution in [2.24, 2.45) is 0 Å². The van der Waals surface area contributed by atoms with Gasteiger partial charge in [0.15, 0.2) is 0 Å². The van der Waals surface area contributed by atoms with Gasteiger partial charge in [0.2, 0.25) is 0 Å². The summed E-state index contributed by atoms with van der Waals surface area (Å²) in [4.78, 5) is 0. The van der Waals surface area contributed by atoms with Crippen LogP contribution in [0.15, 0.2) is 30.4 Å². The van der Waals surface area contributed by atoms with Gasteiger partial charge >= 0.3 is 0 Å². The fourth-order valence-corrected chi connectivity index (χ4v) is 1.53. The van der Waals surface area contributed by atoms with Gasteiger partial charge in [0.25, 0.3) is 0 Å². The van der Waals surface area contributed by atoms with Crippen molar-refractivity contribution in [3.05, 3.63) is 46.5 Å². The lowest BCUT2D eigenvalue weighted by molar-refractivity contribution is 0.695. The van der Waals surface area contributed by atoms with Crippen molar-refractivity contribution in [2.45, 2.75) is 26.8 Å². The van der Waals surface area contributed by atoms with E-state index in [0.29, 0.717) is 0 Å². The normalized spacial score (nSPS) is 11.1. The molecule has 82 valence electrons. The SMILES string of the molecule is C/C=C/CCNCc1ccc(C)c(Cl)c1. The molecule has 0 heterocycles. The van der Waals surface area contributed by atoms with Gasteiger partial charge in [-0.3, -0.25) is 0 Å². The van der Waals surface area contributed by atoms with Crippen LogP contribution >= 0.6 is 11.6 Å². The van der Waals surface area contributed by atoms with E-state index in [9.17, 15) is 0 Å². The monoisotopic (exact) mass is 223 g/mol. The average Bonchev–Trinajstić information content (AvgIpc) is 2.23. The number of benzene rings is 1. The zero-order chi connectivity index (χ0) is 11.1. The molecule has 0 aliphatic rings. The summed E-state index contributed by atoms with van der Waals surface area (Å²) in [6, 6.07) is 6.20. The van der Waals surface area contributed by atoms with E-state index >= 15 is 0 Å². The highest BCUT2D eigenvalue weighted by Gasteiger charge is 1.96. The third-order valence-electron chi connectivity index (χ3n) is 2.29. The molecule has 15 heavy (non-hydrogen) atoms. The minimum atomic E-state index is 0.850. The summed E-state index contributed by atoms with van der Waals surface area (Å²) >= 11 is 6.04. The van der Waals surface area contributed by atoms with Crippen LogP contribution in [0.4, 0.5) is 0 Å². The fraction of sp³-hybridized carbons (Fsp3) is 0.385. The van der Waals surface area contributed by atoms with E-state index in [1.165, 1.54) is 5.56 Å². The Hall–Kier alpha value is -0.790. The van der Waals surface area contributed by atoms with Crippen LogP contribution in [0.3, 0.4) is 0 Å². The zero-order valence-corrected chi connectivity index (χ0v) is 10.1. The second kappa shape index (κ2) is 6.65. The minimum absolute atomic E-state index is 0.850. The number of allylic oxidation sites excluding steroid dienone is 1. The number of halogens is 1. The van der Waals surface area contributed by atoms with E-state index in [0.717, 1.165) is 30.1 Å². The molecule has 1 aromatic carbocycles. The molecule has 1 nitrogen and oxygen atoms in total. The molecule has 1 aromatic rings. The Morgan fingerprint density at radius 2 is 2.20 bits per heavy atom. The molecule has 0 aliphatic heterocycles. The van der Waals surface area contributed by atoms with Gasteiger partial charge in [0.1, 0.15) is 0 Å². The summed E-state index contributed by atoms with van der Waals surface area (Å²) in [6.07, 6.45) is 5.32. The maximum absolute atomic E-state index is 6.04. The Balaban J connectivity index is 2.34. The van der Waals surface area contributed by atoms with Crippen molar-refractivity contribution in [1.82, 2.24) is 5.32 Å². The molecular formula is C13H18ClN. The molecule has 1 rings (SSSR count). The van der Waals surface area contributed by atoms with Crippen molar-refractivity contribution in [2.75, 3.05) is 6.54 Å². The van der Waals surface area contributed by atoms with E-state index < -0.39 is 0 Å². The molecule has 0 unspecified atom stereocenters. The predicted molar refractivity (Wildman–Crippen MR) is 67.3 cm³/mol. The first-order valence-electron chi connectivity index (χ1n) is 5.31. The highest BCUT2D eigenvalue weighted by Crippen LogP contribution is 2.16. The second-order valence-corrected chi connectivity index (χ2v) is 4.03. The molecule has 0 bridgehead atoms. The van der Waals surface area contributed by atoms with E-state index in [4.69, 9.17) is 11.6 Å². The van der Waals surface area contributed by atoms with Gasteiger partial charge in [-0.15, -0.1) is 0 Å². The quantitative estimate of drug-likeness (QED) is 0.593. The molecule has 0 radical (unpaired) electrons. The van der Waals surface area contributed by atoms with Gasteiger partial charge < -0.3 is 5.32 Å². The first kappa shape index (κ1) is 12.3. The summed E-state index contributed by atoms with van der Waals surface area (Å²) in [5.74, 6) is 0. The van der Waals surface area contributed by atoms with Gasteiger partial charge in [-0.05, 0) is 44.0 Å². The third-order valence-corrected chi connectivity index (χ3v) is 2.70. The van der Waals surface area contributed by atoms with Gasteiger partial charge in [-0.25, -0.2) is 0 Å². The number of hydrogen-bond donors (Lipinski definition) is 1. The molecule has 0 amide bonds. The lowest BCUT2D eigenvalue weighted by Gasteiger charge is -2.05. The van der Waals surface area contributed by atoms with Gasteiger partial charge in [-0.2, -0.15) is 0 Å². The van der Waals surface area contributed by atoms with Crippen LogP contribution in [0, 0.1) is 6.92 Å². The van der Waals surface area contributed by atoms with E-state index in [1.54, 1.807) is 0 Å². The summed E-state index contributed by atoms with van der Waals surface area (Å²) in [5, 5.41) is 4.22. The van der Waals surface area contributed by atoms with Crippen LogP contribution < -0.4 is 5.32 Å². The first-order chi connectivity index (χ1) is 7.24. The largest absolute Gasteiger partial charge is 0.312 e. The van der Waals surface area contributed by atoms with Crippen LogP contribution in [-0.2, 0) is 6.54 Å². The number of hydrogen-bond acceptors (Lipinski definition) is 1. The Morgan fingerprint density at radius 3 is 2.87 bits per heavy atom. The van der Waals surface area contributed by atoms with Crippen molar-refractivity contribution in [1.29, 1.82) is 0 Å². The molecule has 0 spiro atoms. The summed E-state index contributed by atoms with van der Waals surface area (Å²) in [7, 11) is 0. The Labute approximate surface area is 97.1 Å². The summed E-state index contributed by atoms with van der Waals surface area (Å²) in [6.45, 7) is 5.96. The molecule has 0 aliphatic carbocycles. The van der Waals surface area contributed by atoms with Gasteiger partial charge in [-0.1, -0.05) is 35.9 Å². The highest BCUT2D eigenvalue weighted by atomic mass is 35.5. The van der Waals surface area contributed by atoms with Crippen LogP contribution in [0.2, 0.25) is 5.02 Å². The first-order valence-corrected chi connectivity index (χ1v) is 5.68. The second-order valence-electron chi connectivity index (χ2n) is 3.62. The molecule has 0 saturated heterocycles. The smallest absolute Gasteiger partial charge is 0.0438 e. The van der Waals surface area contributed by atoms with Crippen molar-refractivity contribution < 1.29 is 0 Å². The lowest BCUT2D eigenvalue weighted by Crippen LogP contribution is -2.13. The van der Waals surface area contributed by atoms with Crippen LogP contribution in [0.1, 0.15) is 24.5 Å². The fourth-order valence-electron chi connectivity index (χ4n) is 1.33. The Kier molecular flexibility index (Phi) is 5.44. The average molecular weight is 224 g/mol. The lowest BCUT2D eigenvalue weighted by atomic mass is 10.1. The van der Waals surface area contributed by atoms with Gasteiger partial charge in [0, 0.05) is 11.6 Å². The third kappa shape index (κ3) is 4.50. The maximum atomic E-state index is 6.04. The molecule has 0 fully saturated rings. The molecule has 1 N–H and O–H groups in total. The zero-order valence-electron chi connectivity index (χ0n) is 9.39. The molecule has 0 aromatic heterocycles. The van der Waals surface area contributed by atoms with E-state index in [1.807, 2.05) is 19.9 Å². The minimum Gasteiger partial charge on any atom is -0.312 e. The highest BCUT2D eigenvalue weighted by molar-refractivity contribution is 6.31. The molecular weight excluding hydrogens is 206 g/mol. The van der Waals surface area contributed by atoms with Gasteiger partial charge in [0.05, 0.1) is 0 Å². The van der Waals surface area contributed by atoms with E-state index in [2.05, 4.69) is 29.6 Å². The molecule has 2 heteroatoms. The predicted octanol–water partition coefficient (Wildman–Crippen LogP) is 3.70. The standard InChI is InChI=1S/C13H18ClN/c1-3-4-5-8-15-10-12-7-6-11(2)13(14)9-12/h3-4,6-7,9,15H,5,8,10H2,1-2H3/b4-3+. The number of nitrogens with one attached hydrogen (secondary N) is 1. The van der Waals surface area contributed by atoms with Crippen LogP contribution in [-0.4, -0.2) is 6.54 Å². The number of rotatable bonds is 5. The molecule has 0 saturated carbocycles. The van der Waals surface area contributed by atoms with Crippen LogP contribution in [0.5, 0.6) is 0 Å². The summed E-state index contributed by atoms with van der Waals surface area (Å²) in [5.41, 5.74) is 2.38. The Morgan fingerprint density at radius 1 is 1.40 bits per heavy atom. The maximum Gasteiger partial charge on any atom is 0.0438 e. The Bertz CT molecular complexity index is 331. The summed E-state index contributed by atoms with van der Waals surface area (Å²) < 4.78 is 0. The molecule has 0 atom stereocenters. The van der Waals surface area contributed by atoms with Crippen LogP contribution in [0.25, 0.3) is 0 Å². The van der Waals surface area contributed by atoms with Crippen molar-refractivity contribution >= 4 is 11.6 Å². The van der Waals surface area contributed by atoms with E-state index in [-0.39, 0.29) is 0 Å². The number of aryl methyl sites for hydroxylation is 1. The topological polar surface area (TPSA) is 12.0 Å². The van der Waals surface area contributed by atoms with Crippen molar-refractivity contribution in [3.63, 3.8) is 0 Å².